The van der Waals surface area contributed by atoms with Crippen LogP contribution < -0.4 is 15.5 Å². The number of fused-ring (bicyclic) bond motifs is 1. The van der Waals surface area contributed by atoms with Gasteiger partial charge in [0.2, 0.25) is 5.91 Å². The Balaban J connectivity index is 1.71. The van der Waals surface area contributed by atoms with Gasteiger partial charge in [-0.25, -0.2) is 0 Å². The van der Waals surface area contributed by atoms with Gasteiger partial charge in [-0.1, -0.05) is 17.7 Å². The molecule has 2 aromatic carbocycles. The number of amides is 3. The molecule has 0 saturated heterocycles. The number of nitrogens with zero attached hydrogens (tertiary/aromatic N) is 1. The fraction of sp³-hybridized carbons (Fsp3) is 0.211. The second-order valence-electron chi connectivity index (χ2n) is 6.03. The highest BCUT2D eigenvalue weighted by Crippen LogP contribution is 2.30. The van der Waals surface area contributed by atoms with Crippen molar-refractivity contribution in [2.24, 2.45) is 0 Å². The summed E-state index contributed by atoms with van der Waals surface area (Å²) in [6.07, 6.45) is 1.78. The molecule has 3 rings (SSSR count). The standard InChI is InChI=1S/C19H18ClN3O3/c1-12(24)23-10-2-3-13-4-7-16(11-17(13)23)22-19(26)18(25)21-15-8-5-14(20)6-9-15/h4-9,11H,2-3,10H2,1H3,(H,21,25)(H,22,26). The van der Waals surface area contributed by atoms with Crippen LogP contribution in [-0.4, -0.2) is 24.3 Å². The molecule has 0 aliphatic carbocycles. The van der Waals surface area contributed by atoms with E-state index in [0.29, 0.717) is 22.9 Å². The highest BCUT2D eigenvalue weighted by molar-refractivity contribution is 6.43. The van der Waals surface area contributed by atoms with E-state index in [9.17, 15) is 14.4 Å². The van der Waals surface area contributed by atoms with Crippen LogP contribution in [0.2, 0.25) is 5.02 Å². The Morgan fingerprint density at radius 3 is 2.23 bits per heavy atom. The fourth-order valence-electron chi connectivity index (χ4n) is 2.89. The Morgan fingerprint density at radius 2 is 1.58 bits per heavy atom. The molecule has 134 valence electrons. The summed E-state index contributed by atoms with van der Waals surface area (Å²) in [4.78, 5) is 37.7. The molecule has 1 heterocycles. The Kier molecular flexibility index (Phi) is 5.23. The van der Waals surface area contributed by atoms with Crippen LogP contribution in [0.3, 0.4) is 0 Å². The van der Waals surface area contributed by atoms with E-state index < -0.39 is 11.8 Å². The molecule has 6 nitrogen and oxygen atoms in total. The summed E-state index contributed by atoms with van der Waals surface area (Å²) in [6, 6.07) is 11.8. The molecule has 3 amide bonds. The maximum atomic E-state index is 12.1. The predicted molar refractivity (Wildman–Crippen MR) is 102 cm³/mol. The average Bonchev–Trinajstić information content (AvgIpc) is 2.62. The summed E-state index contributed by atoms with van der Waals surface area (Å²) in [5.74, 6) is -1.62. The van der Waals surface area contributed by atoms with Gasteiger partial charge in [0.1, 0.15) is 0 Å². The zero-order valence-corrected chi connectivity index (χ0v) is 15.0. The van der Waals surface area contributed by atoms with E-state index in [-0.39, 0.29) is 5.91 Å². The van der Waals surface area contributed by atoms with Gasteiger partial charge in [-0.2, -0.15) is 0 Å². The Morgan fingerprint density at radius 1 is 0.962 bits per heavy atom. The lowest BCUT2D eigenvalue weighted by Crippen LogP contribution is -2.34. The molecule has 7 heteroatoms. The summed E-state index contributed by atoms with van der Waals surface area (Å²) in [5, 5.41) is 5.61. The molecule has 1 aliphatic rings. The first kappa shape index (κ1) is 17.9. The first-order chi connectivity index (χ1) is 12.4. The molecule has 2 N–H and O–H groups in total. The SMILES string of the molecule is CC(=O)N1CCCc2ccc(NC(=O)C(=O)Nc3ccc(Cl)cc3)cc21. The smallest absolute Gasteiger partial charge is 0.314 e. The molecule has 0 unspecified atom stereocenters. The van der Waals surface area contributed by atoms with E-state index in [1.807, 2.05) is 6.07 Å². The van der Waals surface area contributed by atoms with Crippen LogP contribution >= 0.6 is 11.6 Å². The second kappa shape index (κ2) is 7.58. The molecule has 26 heavy (non-hydrogen) atoms. The lowest BCUT2D eigenvalue weighted by molar-refractivity contribution is -0.132. The van der Waals surface area contributed by atoms with Crippen molar-refractivity contribution in [3.63, 3.8) is 0 Å². The van der Waals surface area contributed by atoms with Crippen molar-refractivity contribution in [3.05, 3.63) is 53.1 Å². The third kappa shape index (κ3) is 4.03. The monoisotopic (exact) mass is 371 g/mol. The molecule has 1 aliphatic heterocycles. The van der Waals surface area contributed by atoms with E-state index in [1.54, 1.807) is 41.3 Å². The number of carbonyl (C=O) groups excluding carboxylic acids is 3. The number of carbonyl (C=O) groups is 3. The van der Waals surface area contributed by atoms with Crippen LogP contribution in [0, 0.1) is 0 Å². The molecule has 0 aromatic heterocycles. The minimum Gasteiger partial charge on any atom is -0.318 e. The van der Waals surface area contributed by atoms with Gasteiger partial charge in [0.05, 0.1) is 0 Å². The Bertz CT molecular complexity index is 865. The van der Waals surface area contributed by atoms with Gasteiger partial charge in [-0.05, 0) is 54.8 Å². The van der Waals surface area contributed by atoms with Crippen LogP contribution in [0.15, 0.2) is 42.5 Å². The Labute approximate surface area is 156 Å². The Hall–Kier alpha value is -2.86. The number of hydrogen-bond donors (Lipinski definition) is 2. The lowest BCUT2D eigenvalue weighted by atomic mass is 10.0. The van der Waals surface area contributed by atoms with Gasteiger partial charge in [0.15, 0.2) is 0 Å². The number of benzene rings is 2. The summed E-state index contributed by atoms with van der Waals surface area (Å²) < 4.78 is 0. The zero-order valence-electron chi connectivity index (χ0n) is 14.2. The van der Waals surface area contributed by atoms with Crippen LogP contribution in [-0.2, 0) is 20.8 Å². The second-order valence-corrected chi connectivity index (χ2v) is 6.47. The third-order valence-electron chi connectivity index (χ3n) is 4.15. The first-order valence-corrected chi connectivity index (χ1v) is 8.61. The summed E-state index contributed by atoms with van der Waals surface area (Å²) in [5.41, 5.74) is 2.77. The maximum absolute atomic E-state index is 12.1. The minimum atomic E-state index is -0.787. The van der Waals surface area contributed by atoms with E-state index in [1.165, 1.54) is 6.92 Å². The number of nitrogens with one attached hydrogen (secondary N) is 2. The van der Waals surface area contributed by atoms with Gasteiger partial charge >= 0.3 is 11.8 Å². The number of halogens is 1. The zero-order chi connectivity index (χ0) is 18.7. The predicted octanol–water partition coefficient (Wildman–Crippen LogP) is 3.22. The largest absolute Gasteiger partial charge is 0.318 e. The van der Waals surface area contributed by atoms with Crippen LogP contribution in [0.5, 0.6) is 0 Å². The van der Waals surface area contributed by atoms with Gasteiger partial charge in [0.25, 0.3) is 0 Å². The van der Waals surface area contributed by atoms with Crippen molar-refractivity contribution < 1.29 is 14.4 Å². The third-order valence-corrected chi connectivity index (χ3v) is 4.40. The number of aryl methyl sites for hydroxylation is 1. The summed E-state index contributed by atoms with van der Waals surface area (Å²) in [6.45, 7) is 2.16. The van der Waals surface area contributed by atoms with Crippen molar-refractivity contribution in [1.82, 2.24) is 0 Å². The van der Waals surface area contributed by atoms with Gasteiger partial charge < -0.3 is 15.5 Å². The maximum Gasteiger partial charge on any atom is 0.314 e. The normalized spacial score (nSPS) is 12.9. The quantitative estimate of drug-likeness (QED) is 0.795. The molecule has 0 saturated carbocycles. The number of rotatable bonds is 2. The van der Waals surface area contributed by atoms with Gasteiger partial charge in [-0.15, -0.1) is 0 Å². The van der Waals surface area contributed by atoms with E-state index in [2.05, 4.69) is 10.6 Å². The van der Waals surface area contributed by atoms with Crippen molar-refractivity contribution >= 4 is 46.4 Å². The van der Waals surface area contributed by atoms with Crippen molar-refractivity contribution in [1.29, 1.82) is 0 Å². The molecule has 2 aromatic rings. The van der Waals surface area contributed by atoms with Gasteiger partial charge in [0, 0.05) is 35.6 Å². The molecular weight excluding hydrogens is 354 g/mol. The van der Waals surface area contributed by atoms with E-state index in [0.717, 1.165) is 24.1 Å². The highest BCUT2D eigenvalue weighted by Gasteiger charge is 2.21. The summed E-state index contributed by atoms with van der Waals surface area (Å²) in [7, 11) is 0. The highest BCUT2D eigenvalue weighted by atomic mass is 35.5. The van der Waals surface area contributed by atoms with Crippen LogP contribution in [0.1, 0.15) is 18.9 Å². The summed E-state index contributed by atoms with van der Waals surface area (Å²) >= 11 is 5.79. The average molecular weight is 372 g/mol. The minimum absolute atomic E-state index is 0.0464. The molecule has 0 atom stereocenters. The topological polar surface area (TPSA) is 78.5 Å². The molecule has 0 radical (unpaired) electrons. The van der Waals surface area contributed by atoms with E-state index >= 15 is 0 Å². The van der Waals surface area contributed by atoms with E-state index in [4.69, 9.17) is 11.6 Å². The number of hydrogen-bond acceptors (Lipinski definition) is 3. The van der Waals surface area contributed by atoms with Gasteiger partial charge in [-0.3, -0.25) is 14.4 Å². The van der Waals surface area contributed by atoms with Crippen molar-refractivity contribution in [2.75, 3.05) is 22.1 Å². The van der Waals surface area contributed by atoms with Crippen LogP contribution in [0.25, 0.3) is 0 Å². The molecule has 0 spiro atoms. The molecule has 0 bridgehead atoms. The van der Waals surface area contributed by atoms with Crippen molar-refractivity contribution in [2.45, 2.75) is 19.8 Å². The fourth-order valence-corrected chi connectivity index (χ4v) is 3.01. The van der Waals surface area contributed by atoms with Crippen molar-refractivity contribution in [3.8, 4) is 0 Å². The number of anilines is 3. The molecular formula is C19H18ClN3O3. The molecule has 0 fully saturated rings. The lowest BCUT2D eigenvalue weighted by Gasteiger charge is -2.29. The first-order valence-electron chi connectivity index (χ1n) is 8.23. The van der Waals surface area contributed by atoms with Crippen LogP contribution in [0.4, 0.5) is 17.1 Å².